The van der Waals surface area contributed by atoms with E-state index in [0.29, 0.717) is 11.8 Å². The van der Waals surface area contributed by atoms with Crippen molar-refractivity contribution in [1.29, 1.82) is 0 Å². The molecule has 0 saturated heterocycles. The quantitative estimate of drug-likeness (QED) is 0.864. The third-order valence-electron chi connectivity index (χ3n) is 3.44. The second kappa shape index (κ2) is 4.63. The number of nitrogens with zero attached hydrogens (tertiary/aromatic N) is 2. The molecule has 0 radical (unpaired) electrons. The van der Waals surface area contributed by atoms with Gasteiger partial charge in [-0.25, -0.2) is 4.98 Å². The molecular formula is C15H23N3. The van der Waals surface area contributed by atoms with E-state index < -0.39 is 0 Å². The number of hydrogen-bond donors (Lipinski definition) is 1. The summed E-state index contributed by atoms with van der Waals surface area (Å²) in [7, 11) is 0. The lowest BCUT2D eigenvalue weighted by atomic mass is 9.95. The minimum absolute atomic E-state index is 0.435. The van der Waals surface area contributed by atoms with E-state index in [2.05, 4.69) is 62.3 Å². The number of hydrogen-bond acceptors (Lipinski definition) is 2. The molecular weight excluding hydrogens is 222 g/mol. The minimum atomic E-state index is 0.435. The fourth-order valence-electron chi connectivity index (χ4n) is 2.44. The number of rotatable bonds is 3. The van der Waals surface area contributed by atoms with Gasteiger partial charge in [0.2, 0.25) is 5.95 Å². The van der Waals surface area contributed by atoms with Crippen LogP contribution < -0.4 is 5.32 Å². The van der Waals surface area contributed by atoms with E-state index >= 15 is 0 Å². The van der Waals surface area contributed by atoms with Crippen LogP contribution in [-0.4, -0.2) is 9.55 Å². The van der Waals surface area contributed by atoms with E-state index in [4.69, 9.17) is 0 Å². The molecule has 3 heteroatoms. The Labute approximate surface area is 110 Å². The minimum Gasteiger partial charge on any atom is -0.329 e. The van der Waals surface area contributed by atoms with Gasteiger partial charge in [-0.05, 0) is 23.8 Å². The molecule has 3 nitrogen and oxygen atoms in total. The molecule has 0 spiro atoms. The lowest BCUT2D eigenvalue weighted by Crippen LogP contribution is -2.19. The van der Waals surface area contributed by atoms with Gasteiger partial charge in [-0.1, -0.05) is 41.2 Å². The van der Waals surface area contributed by atoms with Crippen molar-refractivity contribution in [2.45, 2.75) is 47.0 Å². The largest absolute Gasteiger partial charge is 0.329 e. The maximum absolute atomic E-state index is 4.65. The van der Waals surface area contributed by atoms with Crippen LogP contribution in [0, 0.1) is 5.92 Å². The van der Waals surface area contributed by atoms with E-state index in [-0.39, 0.29) is 0 Å². The molecule has 0 unspecified atom stereocenters. The maximum Gasteiger partial charge on any atom is 0.212 e. The first-order valence-electron chi connectivity index (χ1n) is 6.74. The zero-order valence-electron chi connectivity index (χ0n) is 12.0. The second-order valence-electron chi connectivity index (χ2n) is 5.49. The number of imidazole rings is 1. The van der Waals surface area contributed by atoms with Gasteiger partial charge in [0.1, 0.15) is 0 Å². The number of allylic oxidation sites excluding steroid dienone is 3. The highest BCUT2D eigenvalue weighted by Gasteiger charge is 2.24. The van der Waals surface area contributed by atoms with E-state index in [1.54, 1.807) is 0 Å². The molecule has 0 amide bonds. The molecule has 1 aromatic heterocycles. The predicted molar refractivity (Wildman–Crippen MR) is 77.4 cm³/mol. The summed E-state index contributed by atoms with van der Waals surface area (Å²) in [5.74, 6) is 1.81. The van der Waals surface area contributed by atoms with Gasteiger partial charge >= 0.3 is 0 Å². The highest BCUT2D eigenvalue weighted by molar-refractivity contribution is 5.73. The Morgan fingerprint density at radius 1 is 1.28 bits per heavy atom. The first-order valence-corrected chi connectivity index (χ1v) is 6.74. The molecule has 1 aliphatic heterocycles. The standard InChI is InChI=1S/C15H23N3/c1-7-12-14(10(4)5)11(6)18-8-13(9(2)3)17-15(18)16-12/h8-10H,6-7H2,1-5H3,(H,16,17). The van der Waals surface area contributed by atoms with Crippen LogP contribution in [0.2, 0.25) is 0 Å². The van der Waals surface area contributed by atoms with E-state index in [9.17, 15) is 0 Å². The van der Waals surface area contributed by atoms with Gasteiger partial charge in [0.15, 0.2) is 0 Å². The van der Waals surface area contributed by atoms with E-state index in [1.165, 1.54) is 11.3 Å². The molecule has 1 N–H and O–H groups in total. The molecule has 98 valence electrons. The molecule has 0 aliphatic carbocycles. The first-order chi connectivity index (χ1) is 8.45. The van der Waals surface area contributed by atoms with Crippen molar-refractivity contribution >= 4 is 11.6 Å². The summed E-state index contributed by atoms with van der Waals surface area (Å²) in [4.78, 5) is 4.65. The molecule has 0 bridgehead atoms. The number of anilines is 1. The Balaban J connectivity index is 2.48. The lowest BCUT2D eigenvalue weighted by molar-refractivity contribution is 0.755. The van der Waals surface area contributed by atoms with E-state index in [1.807, 2.05) is 0 Å². The van der Waals surface area contributed by atoms with Crippen molar-refractivity contribution in [3.8, 4) is 0 Å². The fraction of sp³-hybridized carbons (Fsp3) is 0.533. The SMILES string of the molecule is C=C1C(C(C)C)=C(CC)Nc2nc(C(C)C)cn21. The van der Waals surface area contributed by atoms with Crippen molar-refractivity contribution in [2.75, 3.05) is 5.32 Å². The highest BCUT2D eigenvalue weighted by Crippen LogP contribution is 2.35. The van der Waals surface area contributed by atoms with Gasteiger partial charge in [0.25, 0.3) is 0 Å². The third-order valence-corrected chi connectivity index (χ3v) is 3.44. The fourth-order valence-corrected chi connectivity index (χ4v) is 2.44. The summed E-state index contributed by atoms with van der Waals surface area (Å²) in [6, 6.07) is 0. The number of fused-ring (bicyclic) bond motifs is 1. The third kappa shape index (κ3) is 1.98. The van der Waals surface area contributed by atoms with Crippen LogP contribution in [0.5, 0.6) is 0 Å². The van der Waals surface area contributed by atoms with Crippen molar-refractivity contribution in [2.24, 2.45) is 5.92 Å². The maximum atomic E-state index is 4.65. The zero-order valence-corrected chi connectivity index (χ0v) is 12.0. The summed E-state index contributed by atoms with van der Waals surface area (Å²) in [6.07, 6.45) is 3.08. The summed E-state index contributed by atoms with van der Waals surface area (Å²) >= 11 is 0. The van der Waals surface area contributed by atoms with Crippen LogP contribution in [0.15, 0.2) is 24.0 Å². The molecule has 0 aromatic carbocycles. The molecule has 1 aromatic rings. The van der Waals surface area contributed by atoms with Crippen molar-refractivity contribution in [3.63, 3.8) is 0 Å². The van der Waals surface area contributed by atoms with Crippen molar-refractivity contribution < 1.29 is 0 Å². The van der Waals surface area contributed by atoms with Crippen LogP contribution in [0.3, 0.4) is 0 Å². The normalized spacial score (nSPS) is 15.4. The molecule has 18 heavy (non-hydrogen) atoms. The monoisotopic (exact) mass is 245 g/mol. The molecule has 2 heterocycles. The van der Waals surface area contributed by atoms with Crippen LogP contribution in [0.4, 0.5) is 5.95 Å². The van der Waals surface area contributed by atoms with Gasteiger partial charge in [-0.2, -0.15) is 0 Å². The Morgan fingerprint density at radius 2 is 1.94 bits per heavy atom. The molecule has 0 atom stereocenters. The van der Waals surface area contributed by atoms with Crippen LogP contribution in [0.25, 0.3) is 5.70 Å². The molecule has 0 saturated carbocycles. The average molecular weight is 245 g/mol. The number of nitrogens with one attached hydrogen (secondary N) is 1. The zero-order chi connectivity index (χ0) is 13.4. The Morgan fingerprint density at radius 3 is 2.44 bits per heavy atom. The highest BCUT2D eigenvalue weighted by atomic mass is 15.2. The Kier molecular flexibility index (Phi) is 3.33. The van der Waals surface area contributed by atoms with Gasteiger partial charge < -0.3 is 5.32 Å². The van der Waals surface area contributed by atoms with E-state index in [0.717, 1.165) is 23.8 Å². The molecule has 2 rings (SSSR count). The van der Waals surface area contributed by atoms with Gasteiger partial charge in [0, 0.05) is 17.6 Å². The second-order valence-corrected chi connectivity index (χ2v) is 5.49. The van der Waals surface area contributed by atoms with Crippen molar-refractivity contribution in [1.82, 2.24) is 9.55 Å². The van der Waals surface area contributed by atoms with Crippen molar-refractivity contribution in [3.05, 3.63) is 29.7 Å². The Hall–Kier alpha value is -1.51. The summed E-state index contributed by atoms with van der Waals surface area (Å²) in [6.45, 7) is 15.2. The van der Waals surface area contributed by atoms with Crippen LogP contribution in [0.1, 0.15) is 52.7 Å². The molecule has 1 aliphatic rings. The summed E-state index contributed by atoms with van der Waals surface area (Å²) in [5, 5.41) is 3.45. The topological polar surface area (TPSA) is 29.9 Å². The van der Waals surface area contributed by atoms with Gasteiger partial charge in [0.05, 0.1) is 5.69 Å². The Bertz CT molecular complexity index is 504. The van der Waals surface area contributed by atoms with Gasteiger partial charge in [-0.3, -0.25) is 4.57 Å². The predicted octanol–water partition coefficient (Wildman–Crippen LogP) is 4.22. The summed E-state index contributed by atoms with van der Waals surface area (Å²) in [5.41, 5.74) is 4.75. The van der Waals surface area contributed by atoms with Crippen LogP contribution >= 0.6 is 0 Å². The first kappa shape index (κ1) is 12.9. The lowest BCUT2D eigenvalue weighted by Gasteiger charge is -2.27. The summed E-state index contributed by atoms with van der Waals surface area (Å²) < 4.78 is 2.09. The average Bonchev–Trinajstić information content (AvgIpc) is 2.72. The van der Waals surface area contributed by atoms with Crippen LogP contribution in [-0.2, 0) is 0 Å². The smallest absolute Gasteiger partial charge is 0.212 e. The number of aromatic nitrogens is 2. The molecule has 0 fully saturated rings. The van der Waals surface area contributed by atoms with Gasteiger partial charge in [-0.15, -0.1) is 0 Å².